The number of amides is 1. The van der Waals surface area contributed by atoms with E-state index in [1.54, 1.807) is 30.5 Å². The van der Waals surface area contributed by atoms with Gasteiger partial charge in [-0.15, -0.1) is 0 Å². The SMILES string of the molecule is O=C(NCc1ccccn1)c1ccc(CS(=O)(=O)N2CCOCC2)cc1. The van der Waals surface area contributed by atoms with Crippen LogP contribution in [0.2, 0.25) is 0 Å². The predicted octanol–water partition coefficient (Wildman–Crippen LogP) is 1.17. The second-order valence-corrected chi connectivity index (χ2v) is 7.94. The fraction of sp³-hybridized carbons (Fsp3) is 0.333. The Balaban J connectivity index is 1.58. The van der Waals surface area contributed by atoms with Crippen LogP contribution >= 0.6 is 0 Å². The highest BCUT2D eigenvalue weighted by Gasteiger charge is 2.24. The Morgan fingerprint density at radius 3 is 2.50 bits per heavy atom. The van der Waals surface area contributed by atoms with E-state index in [0.717, 1.165) is 5.69 Å². The zero-order chi connectivity index (χ0) is 18.4. The lowest BCUT2D eigenvalue weighted by Crippen LogP contribution is -2.41. The van der Waals surface area contributed by atoms with Crippen LogP contribution in [0.4, 0.5) is 0 Å². The Bertz CT molecular complexity index is 832. The van der Waals surface area contributed by atoms with Crippen LogP contribution in [0.15, 0.2) is 48.7 Å². The summed E-state index contributed by atoms with van der Waals surface area (Å²) in [6.07, 6.45) is 1.67. The molecule has 0 aliphatic carbocycles. The first kappa shape index (κ1) is 18.5. The first-order chi connectivity index (χ1) is 12.5. The van der Waals surface area contributed by atoms with E-state index in [0.29, 0.717) is 44.0 Å². The summed E-state index contributed by atoms with van der Waals surface area (Å²) in [6, 6.07) is 12.1. The second kappa shape index (κ2) is 8.39. The fourth-order valence-corrected chi connectivity index (χ4v) is 4.16. The molecule has 1 amide bonds. The fourth-order valence-electron chi connectivity index (χ4n) is 2.65. The number of carbonyl (C=O) groups is 1. The molecule has 1 aliphatic rings. The Morgan fingerprint density at radius 2 is 1.85 bits per heavy atom. The van der Waals surface area contributed by atoms with Crippen LogP contribution in [0.25, 0.3) is 0 Å². The topological polar surface area (TPSA) is 88.6 Å². The Hall–Kier alpha value is -2.29. The van der Waals surface area contributed by atoms with Gasteiger partial charge in [-0.25, -0.2) is 8.42 Å². The van der Waals surface area contributed by atoms with Crippen molar-refractivity contribution in [2.45, 2.75) is 12.3 Å². The number of sulfonamides is 1. The minimum absolute atomic E-state index is 0.0805. The smallest absolute Gasteiger partial charge is 0.251 e. The first-order valence-corrected chi connectivity index (χ1v) is 9.98. The first-order valence-electron chi connectivity index (χ1n) is 8.37. The maximum Gasteiger partial charge on any atom is 0.251 e. The van der Waals surface area contributed by atoms with Gasteiger partial charge in [0.2, 0.25) is 10.0 Å². The number of carbonyl (C=O) groups excluding carboxylic acids is 1. The van der Waals surface area contributed by atoms with Gasteiger partial charge < -0.3 is 10.1 Å². The second-order valence-electron chi connectivity index (χ2n) is 5.97. The van der Waals surface area contributed by atoms with E-state index in [4.69, 9.17) is 4.74 Å². The van der Waals surface area contributed by atoms with Gasteiger partial charge in [0.1, 0.15) is 0 Å². The lowest BCUT2D eigenvalue weighted by molar-refractivity contribution is 0.0729. The molecule has 0 bridgehead atoms. The summed E-state index contributed by atoms with van der Waals surface area (Å²) in [5, 5.41) is 2.79. The van der Waals surface area contributed by atoms with Gasteiger partial charge in [-0.3, -0.25) is 9.78 Å². The zero-order valence-corrected chi connectivity index (χ0v) is 15.1. The minimum Gasteiger partial charge on any atom is -0.379 e. The van der Waals surface area contributed by atoms with Crippen LogP contribution in [0.5, 0.6) is 0 Å². The minimum atomic E-state index is -3.37. The molecule has 8 heteroatoms. The molecule has 1 aromatic heterocycles. The summed E-state index contributed by atoms with van der Waals surface area (Å²) < 4.78 is 31.5. The largest absolute Gasteiger partial charge is 0.379 e. The third kappa shape index (κ3) is 4.87. The molecule has 1 N–H and O–H groups in total. The van der Waals surface area contributed by atoms with Crippen molar-refractivity contribution in [3.63, 3.8) is 0 Å². The lowest BCUT2D eigenvalue weighted by Gasteiger charge is -2.26. The zero-order valence-electron chi connectivity index (χ0n) is 14.3. The van der Waals surface area contributed by atoms with Crippen LogP contribution in [0, 0.1) is 0 Å². The van der Waals surface area contributed by atoms with E-state index < -0.39 is 10.0 Å². The van der Waals surface area contributed by atoms with Gasteiger partial charge in [-0.2, -0.15) is 4.31 Å². The van der Waals surface area contributed by atoms with Gasteiger partial charge in [0, 0.05) is 24.8 Å². The Morgan fingerprint density at radius 1 is 1.12 bits per heavy atom. The van der Waals surface area contributed by atoms with Gasteiger partial charge in [-0.1, -0.05) is 18.2 Å². The van der Waals surface area contributed by atoms with Crippen LogP contribution in [0.3, 0.4) is 0 Å². The number of nitrogens with one attached hydrogen (secondary N) is 1. The molecule has 138 valence electrons. The van der Waals surface area contributed by atoms with Crippen LogP contribution < -0.4 is 5.32 Å². The molecule has 1 aliphatic heterocycles. The number of morpholine rings is 1. The number of hydrogen-bond acceptors (Lipinski definition) is 5. The van der Waals surface area contributed by atoms with E-state index in [2.05, 4.69) is 10.3 Å². The quantitative estimate of drug-likeness (QED) is 0.819. The Kier molecular flexibility index (Phi) is 5.97. The van der Waals surface area contributed by atoms with Crippen LogP contribution in [-0.2, 0) is 27.1 Å². The molecule has 2 aromatic rings. The van der Waals surface area contributed by atoms with Crippen LogP contribution in [0.1, 0.15) is 21.6 Å². The molecular formula is C18H21N3O4S. The molecule has 3 rings (SSSR count). The van der Waals surface area contributed by atoms with Crippen molar-refractivity contribution in [1.82, 2.24) is 14.6 Å². The third-order valence-electron chi connectivity index (χ3n) is 4.08. The molecule has 0 unspecified atom stereocenters. The normalized spacial score (nSPS) is 15.5. The average Bonchev–Trinajstić information content (AvgIpc) is 2.68. The molecule has 1 saturated heterocycles. The van der Waals surface area contributed by atoms with Crippen molar-refractivity contribution < 1.29 is 17.9 Å². The number of hydrogen-bond donors (Lipinski definition) is 1. The van der Waals surface area contributed by atoms with Crippen molar-refractivity contribution >= 4 is 15.9 Å². The van der Waals surface area contributed by atoms with Crippen molar-refractivity contribution in [3.05, 3.63) is 65.5 Å². The molecule has 26 heavy (non-hydrogen) atoms. The molecule has 0 radical (unpaired) electrons. The molecule has 0 saturated carbocycles. The van der Waals surface area contributed by atoms with E-state index >= 15 is 0 Å². The average molecular weight is 375 g/mol. The standard InChI is InChI=1S/C18H21N3O4S/c22-18(20-13-17-3-1-2-8-19-17)16-6-4-15(5-7-16)14-26(23,24)21-9-11-25-12-10-21/h1-8H,9-14H2,(H,20,22). The van der Waals surface area contributed by atoms with Crippen LogP contribution in [-0.4, -0.2) is 49.9 Å². The molecule has 7 nitrogen and oxygen atoms in total. The highest BCUT2D eigenvalue weighted by molar-refractivity contribution is 7.88. The molecule has 0 atom stereocenters. The summed E-state index contributed by atoms with van der Waals surface area (Å²) >= 11 is 0. The molecule has 2 heterocycles. The highest BCUT2D eigenvalue weighted by Crippen LogP contribution is 2.14. The Labute approximate surface area is 153 Å². The third-order valence-corrected chi connectivity index (χ3v) is 5.93. The number of benzene rings is 1. The number of rotatable bonds is 6. The maximum absolute atomic E-state index is 12.4. The van der Waals surface area contributed by atoms with Gasteiger partial charge in [0.05, 0.1) is 31.2 Å². The number of nitrogens with zero attached hydrogens (tertiary/aromatic N) is 2. The monoisotopic (exact) mass is 375 g/mol. The molecule has 1 aromatic carbocycles. The summed E-state index contributed by atoms with van der Waals surface area (Å²) in [4.78, 5) is 16.3. The lowest BCUT2D eigenvalue weighted by atomic mass is 10.1. The van der Waals surface area contributed by atoms with E-state index in [9.17, 15) is 13.2 Å². The van der Waals surface area contributed by atoms with Crippen molar-refractivity contribution in [2.24, 2.45) is 0 Å². The highest BCUT2D eigenvalue weighted by atomic mass is 32.2. The summed E-state index contributed by atoms with van der Waals surface area (Å²) in [6.45, 7) is 1.96. The van der Waals surface area contributed by atoms with Gasteiger partial charge in [0.25, 0.3) is 5.91 Å². The molecular weight excluding hydrogens is 354 g/mol. The van der Waals surface area contributed by atoms with Gasteiger partial charge in [-0.05, 0) is 29.8 Å². The van der Waals surface area contributed by atoms with Gasteiger partial charge >= 0.3 is 0 Å². The maximum atomic E-state index is 12.4. The van der Waals surface area contributed by atoms with Crippen molar-refractivity contribution in [3.8, 4) is 0 Å². The molecule has 0 spiro atoms. The van der Waals surface area contributed by atoms with Crippen molar-refractivity contribution in [1.29, 1.82) is 0 Å². The number of aromatic nitrogens is 1. The number of pyridine rings is 1. The summed E-state index contributed by atoms with van der Waals surface area (Å²) in [5.41, 5.74) is 1.90. The predicted molar refractivity (Wildman–Crippen MR) is 96.9 cm³/mol. The number of ether oxygens (including phenoxy) is 1. The van der Waals surface area contributed by atoms with E-state index in [1.807, 2.05) is 18.2 Å². The summed E-state index contributed by atoms with van der Waals surface area (Å²) in [5.74, 6) is -0.304. The van der Waals surface area contributed by atoms with E-state index in [1.165, 1.54) is 4.31 Å². The molecule has 1 fully saturated rings. The van der Waals surface area contributed by atoms with Gasteiger partial charge in [0.15, 0.2) is 0 Å². The summed E-state index contributed by atoms with van der Waals surface area (Å²) in [7, 11) is -3.37. The van der Waals surface area contributed by atoms with E-state index in [-0.39, 0.29) is 11.7 Å². The van der Waals surface area contributed by atoms with Crippen molar-refractivity contribution in [2.75, 3.05) is 26.3 Å².